The molecule has 6 atom stereocenters. The highest BCUT2D eigenvalue weighted by atomic mass is 31.2. The van der Waals surface area contributed by atoms with Crippen molar-refractivity contribution in [2.45, 2.75) is 153 Å². The van der Waals surface area contributed by atoms with Gasteiger partial charge in [-0.2, -0.15) is 10.2 Å². The Bertz CT molecular complexity index is 1690. The van der Waals surface area contributed by atoms with Crippen LogP contribution >= 0.6 is 7.75 Å². The standard InChI is InChI=1S/C39H58N5O9P/c1-4-5-6-7-8-9-10-11-18-23-33(45)42-37-32-25-24-31(44(32)41-27-40-37)35-34(46)36(47)39(3,52-35)26-50-54(49,53-30-21-16-13-17-22-30)43-28(2)38(48)51-29-19-14-12-15-20-29/h13,16-17,21-22,24-25,27-29,34-36,46-47H,4-12,14-15,18-20,23,26H2,1-3H3,(H,43,49)(H,40,41,42,45)/t28-,34-,35-,36-,39+,54-/m0/s1. The first-order valence-corrected chi connectivity index (χ1v) is 21.2. The fraction of sp³-hybridized carbons (Fsp3) is 0.641. The Kier molecular flexibility index (Phi) is 15.4. The lowest BCUT2D eigenvalue weighted by Gasteiger charge is -2.30. The highest BCUT2D eigenvalue weighted by Gasteiger charge is 2.54. The number of ether oxygens (including phenoxy) is 2. The smallest absolute Gasteiger partial charge is 0.459 e. The second kappa shape index (κ2) is 20.0. The first-order chi connectivity index (χ1) is 26.0. The van der Waals surface area contributed by atoms with Gasteiger partial charge in [-0.3, -0.25) is 14.1 Å². The number of aliphatic hydroxyl groups is 2. The van der Waals surface area contributed by atoms with E-state index in [0.717, 1.165) is 51.4 Å². The molecule has 4 N–H and O–H groups in total. The van der Waals surface area contributed by atoms with Gasteiger partial charge in [-0.25, -0.2) is 14.1 Å². The predicted octanol–water partition coefficient (Wildman–Crippen LogP) is 7.20. The van der Waals surface area contributed by atoms with Crippen LogP contribution < -0.4 is 14.9 Å². The monoisotopic (exact) mass is 771 g/mol. The molecule has 3 heterocycles. The van der Waals surface area contributed by atoms with Gasteiger partial charge in [0.2, 0.25) is 5.91 Å². The number of unbranched alkanes of at least 4 members (excludes halogenated alkanes) is 8. The third-order valence-corrected chi connectivity index (χ3v) is 11.8. The number of benzene rings is 1. The Balaban J connectivity index is 1.21. The Morgan fingerprint density at radius 2 is 1.69 bits per heavy atom. The molecular formula is C39H58N5O9P. The summed E-state index contributed by atoms with van der Waals surface area (Å²) >= 11 is 0. The zero-order chi connectivity index (χ0) is 38.6. The van der Waals surface area contributed by atoms with Crippen molar-refractivity contribution in [3.63, 3.8) is 0 Å². The molecule has 5 rings (SSSR count). The van der Waals surface area contributed by atoms with E-state index in [9.17, 15) is 24.4 Å². The van der Waals surface area contributed by atoms with Gasteiger partial charge in [0, 0.05) is 6.42 Å². The second-order valence-corrected chi connectivity index (χ2v) is 16.5. The van der Waals surface area contributed by atoms with Crippen LogP contribution in [0.25, 0.3) is 5.52 Å². The minimum absolute atomic E-state index is 0.147. The van der Waals surface area contributed by atoms with E-state index in [1.165, 1.54) is 63.2 Å². The molecule has 2 fully saturated rings. The summed E-state index contributed by atoms with van der Waals surface area (Å²) in [6.45, 7) is 4.77. The summed E-state index contributed by atoms with van der Waals surface area (Å²) in [6.07, 6.45) is 12.5. The first kappa shape index (κ1) is 41.8. The van der Waals surface area contributed by atoms with Gasteiger partial charge >= 0.3 is 13.7 Å². The van der Waals surface area contributed by atoms with E-state index in [0.29, 0.717) is 23.4 Å². The minimum atomic E-state index is -4.29. The molecule has 54 heavy (non-hydrogen) atoms. The number of carbonyl (C=O) groups is 2. The molecule has 1 aromatic carbocycles. The van der Waals surface area contributed by atoms with Crippen molar-refractivity contribution in [2.75, 3.05) is 11.9 Å². The Morgan fingerprint density at radius 1 is 1.00 bits per heavy atom. The lowest BCUT2D eigenvalue weighted by molar-refractivity contribution is -0.152. The van der Waals surface area contributed by atoms with Crippen molar-refractivity contribution in [3.8, 4) is 5.75 Å². The molecule has 3 aromatic rings. The van der Waals surface area contributed by atoms with Crippen LogP contribution in [0.15, 0.2) is 48.8 Å². The van der Waals surface area contributed by atoms with E-state index in [1.807, 2.05) is 0 Å². The van der Waals surface area contributed by atoms with Crippen LogP contribution in [0.2, 0.25) is 0 Å². The van der Waals surface area contributed by atoms with Crippen LogP contribution in [0.1, 0.15) is 129 Å². The summed E-state index contributed by atoms with van der Waals surface area (Å²) in [7, 11) is -4.29. The van der Waals surface area contributed by atoms with E-state index in [1.54, 1.807) is 42.5 Å². The summed E-state index contributed by atoms with van der Waals surface area (Å²) in [5.41, 5.74) is -0.683. The molecule has 298 valence electrons. The number of hydrogen-bond acceptors (Lipinski definition) is 11. The summed E-state index contributed by atoms with van der Waals surface area (Å²) in [4.78, 5) is 30.1. The number of aromatic nitrogens is 3. The van der Waals surface area contributed by atoms with Gasteiger partial charge in [0.15, 0.2) is 5.82 Å². The largest absolute Gasteiger partial charge is 0.461 e. The van der Waals surface area contributed by atoms with Gasteiger partial charge in [-0.15, -0.1) is 0 Å². The Hall–Kier alpha value is -3.39. The van der Waals surface area contributed by atoms with Gasteiger partial charge in [0.1, 0.15) is 53.7 Å². The van der Waals surface area contributed by atoms with E-state index in [2.05, 4.69) is 27.4 Å². The number of nitrogens with zero attached hydrogens (tertiary/aromatic N) is 3. The van der Waals surface area contributed by atoms with Gasteiger partial charge in [-0.05, 0) is 70.2 Å². The SMILES string of the molecule is CCCCCCCCCCCC(=O)Nc1ncnn2c([C@@H]3O[C@](C)(CO[P@@](=O)(N[C@@H](C)C(=O)OC4CCCCC4)Oc4ccccc4)[C@@H](O)[C@H]3O)ccc12. The number of anilines is 1. The number of fused-ring (bicyclic) bond motifs is 1. The highest BCUT2D eigenvalue weighted by Crippen LogP contribution is 2.48. The number of aliphatic hydroxyl groups excluding tert-OH is 2. The maximum absolute atomic E-state index is 14.2. The van der Waals surface area contributed by atoms with E-state index >= 15 is 0 Å². The van der Waals surface area contributed by atoms with Crippen LogP contribution in [0.3, 0.4) is 0 Å². The summed E-state index contributed by atoms with van der Waals surface area (Å²) in [5.74, 6) is -0.182. The molecular weight excluding hydrogens is 713 g/mol. The third kappa shape index (κ3) is 11.3. The molecule has 0 radical (unpaired) electrons. The van der Waals surface area contributed by atoms with Crippen LogP contribution in [-0.4, -0.2) is 73.2 Å². The lowest BCUT2D eigenvalue weighted by atomic mass is 9.97. The van der Waals surface area contributed by atoms with Crippen LogP contribution in [0.4, 0.5) is 5.82 Å². The third-order valence-electron chi connectivity index (χ3n) is 10.2. The van der Waals surface area contributed by atoms with Crippen molar-refractivity contribution < 1.29 is 42.9 Å². The molecule has 1 saturated carbocycles. The van der Waals surface area contributed by atoms with Crippen LogP contribution in [0, 0.1) is 0 Å². The predicted molar refractivity (Wildman–Crippen MR) is 204 cm³/mol. The lowest BCUT2D eigenvalue weighted by Crippen LogP contribution is -2.45. The fourth-order valence-electron chi connectivity index (χ4n) is 7.03. The van der Waals surface area contributed by atoms with E-state index < -0.39 is 50.3 Å². The molecule has 2 aromatic heterocycles. The number of hydrogen-bond donors (Lipinski definition) is 4. The quantitative estimate of drug-likeness (QED) is 0.0486. The molecule has 0 unspecified atom stereocenters. The number of carbonyl (C=O) groups excluding carboxylic acids is 2. The summed E-state index contributed by atoms with van der Waals surface area (Å²) in [5, 5.41) is 32.4. The van der Waals surface area contributed by atoms with Crippen LogP contribution in [-0.2, 0) is 28.2 Å². The van der Waals surface area contributed by atoms with E-state index in [-0.39, 0.29) is 17.8 Å². The molecule has 14 nitrogen and oxygen atoms in total. The number of para-hydroxylation sites is 1. The number of nitrogens with one attached hydrogen (secondary N) is 2. The number of esters is 1. The Morgan fingerprint density at radius 3 is 2.39 bits per heavy atom. The van der Waals surface area contributed by atoms with Gasteiger partial charge in [-0.1, -0.05) is 82.9 Å². The van der Waals surface area contributed by atoms with Gasteiger partial charge in [0.05, 0.1) is 12.3 Å². The normalized spacial score (nSPS) is 23.5. The van der Waals surface area contributed by atoms with Crippen molar-refractivity contribution >= 4 is 31.0 Å². The summed E-state index contributed by atoms with van der Waals surface area (Å²) in [6, 6.07) is 10.7. The first-order valence-electron chi connectivity index (χ1n) is 19.7. The van der Waals surface area contributed by atoms with E-state index in [4.69, 9.17) is 18.5 Å². The second-order valence-electron chi connectivity index (χ2n) is 14.8. The van der Waals surface area contributed by atoms with Crippen LogP contribution in [0.5, 0.6) is 5.75 Å². The molecule has 0 bridgehead atoms. The molecule has 1 amide bonds. The molecule has 0 spiro atoms. The fourth-order valence-corrected chi connectivity index (χ4v) is 8.62. The van der Waals surface area contributed by atoms with Crippen molar-refractivity contribution in [2.24, 2.45) is 0 Å². The van der Waals surface area contributed by atoms with Crippen molar-refractivity contribution in [3.05, 3.63) is 54.5 Å². The minimum Gasteiger partial charge on any atom is -0.461 e. The van der Waals surface area contributed by atoms with Crippen molar-refractivity contribution in [1.82, 2.24) is 19.7 Å². The van der Waals surface area contributed by atoms with Gasteiger partial charge in [0.25, 0.3) is 0 Å². The summed E-state index contributed by atoms with van der Waals surface area (Å²) < 4.78 is 39.3. The average molecular weight is 772 g/mol. The number of rotatable bonds is 21. The van der Waals surface area contributed by atoms with Crippen molar-refractivity contribution in [1.29, 1.82) is 0 Å². The maximum Gasteiger partial charge on any atom is 0.459 e. The zero-order valence-corrected chi connectivity index (χ0v) is 32.8. The topological polar surface area (TPSA) is 183 Å². The Labute approximate surface area is 318 Å². The molecule has 1 aliphatic carbocycles. The number of amides is 1. The molecule has 1 saturated heterocycles. The average Bonchev–Trinajstić information content (AvgIpc) is 3.69. The van der Waals surface area contributed by atoms with Gasteiger partial charge < -0.3 is 29.5 Å². The molecule has 1 aliphatic heterocycles. The highest BCUT2D eigenvalue weighted by molar-refractivity contribution is 7.52. The maximum atomic E-state index is 14.2. The molecule has 15 heteroatoms. The zero-order valence-electron chi connectivity index (χ0n) is 31.9. The molecule has 2 aliphatic rings.